The molecule has 1 fully saturated rings. The van der Waals surface area contributed by atoms with E-state index < -0.39 is 40.0 Å². The molecule has 0 bridgehead atoms. The van der Waals surface area contributed by atoms with E-state index >= 15 is 0 Å². The van der Waals surface area contributed by atoms with Gasteiger partial charge in [0, 0.05) is 17.0 Å². The average Bonchev–Trinajstić information content (AvgIpc) is 3.21. The van der Waals surface area contributed by atoms with Crippen LogP contribution in [0, 0.1) is 5.92 Å². The van der Waals surface area contributed by atoms with E-state index in [1.54, 1.807) is 24.3 Å². The van der Waals surface area contributed by atoms with Crippen LogP contribution in [0.1, 0.15) is 43.7 Å². The van der Waals surface area contributed by atoms with Crippen LogP contribution in [0.4, 0.5) is 0 Å². The zero-order valence-electron chi connectivity index (χ0n) is 21.3. The molecule has 2 heterocycles. The number of carbonyl (C=O) groups excluding carboxylic acids is 2. The Morgan fingerprint density at radius 3 is 2.58 bits per heavy atom. The SMILES string of the molecule is CC(C)C[C@H](NC(=O)c1cc2ccccc2o1)C(=O)N(C1CCCNCC1O)S(=O)(=O)c1ccc(Cl)cc1. The number of halogens is 1. The molecule has 9 nitrogen and oxygen atoms in total. The van der Waals surface area contributed by atoms with Gasteiger partial charge < -0.3 is 20.2 Å². The summed E-state index contributed by atoms with van der Waals surface area (Å²) in [6.07, 6.45) is -0.131. The maximum absolute atomic E-state index is 14.1. The van der Waals surface area contributed by atoms with E-state index in [0.29, 0.717) is 23.6 Å². The summed E-state index contributed by atoms with van der Waals surface area (Å²) in [5.74, 6) is -1.49. The molecule has 1 aromatic heterocycles. The topological polar surface area (TPSA) is 129 Å². The lowest BCUT2D eigenvalue weighted by atomic mass is 10.0. The molecule has 3 aromatic rings. The molecule has 2 aromatic carbocycles. The molecule has 2 amide bonds. The first-order chi connectivity index (χ1) is 18.1. The van der Waals surface area contributed by atoms with E-state index in [4.69, 9.17) is 16.0 Å². The number of rotatable bonds is 8. The van der Waals surface area contributed by atoms with Crippen molar-refractivity contribution in [3.05, 3.63) is 65.4 Å². The lowest BCUT2D eigenvalue weighted by Crippen LogP contribution is -2.57. The molecule has 4 rings (SSSR count). The molecule has 3 atom stereocenters. The Hall–Kier alpha value is -2.92. The quantitative estimate of drug-likeness (QED) is 0.383. The monoisotopic (exact) mass is 561 g/mol. The van der Waals surface area contributed by atoms with E-state index in [1.165, 1.54) is 24.3 Å². The summed E-state index contributed by atoms with van der Waals surface area (Å²) in [6.45, 7) is 4.45. The normalized spacial score (nSPS) is 19.2. The second-order valence-electron chi connectivity index (χ2n) is 9.88. The minimum absolute atomic E-state index is 0.0126. The Balaban J connectivity index is 1.72. The molecule has 0 aliphatic carbocycles. The van der Waals surface area contributed by atoms with Crippen LogP contribution in [0.3, 0.4) is 0 Å². The van der Waals surface area contributed by atoms with Gasteiger partial charge in [-0.15, -0.1) is 0 Å². The van der Waals surface area contributed by atoms with Crippen LogP contribution >= 0.6 is 11.6 Å². The second-order valence-corrected chi connectivity index (χ2v) is 12.1. The Bertz CT molecular complexity index is 1360. The summed E-state index contributed by atoms with van der Waals surface area (Å²) in [6, 6.07) is 12.0. The van der Waals surface area contributed by atoms with Gasteiger partial charge in [-0.3, -0.25) is 9.59 Å². The van der Waals surface area contributed by atoms with Crippen LogP contribution in [0.25, 0.3) is 11.0 Å². The van der Waals surface area contributed by atoms with E-state index in [1.807, 2.05) is 19.9 Å². The minimum Gasteiger partial charge on any atom is -0.451 e. The minimum atomic E-state index is -4.40. The fraction of sp³-hybridized carbons (Fsp3) is 0.407. The first-order valence-corrected chi connectivity index (χ1v) is 14.4. The number of carbonyl (C=O) groups is 2. The van der Waals surface area contributed by atoms with Crippen LogP contribution in [0.15, 0.2) is 63.9 Å². The van der Waals surface area contributed by atoms with Gasteiger partial charge in [0.1, 0.15) is 11.6 Å². The van der Waals surface area contributed by atoms with Gasteiger partial charge in [-0.25, -0.2) is 12.7 Å². The molecule has 0 spiro atoms. The summed E-state index contributed by atoms with van der Waals surface area (Å²) in [4.78, 5) is 27.2. The fourth-order valence-corrected chi connectivity index (χ4v) is 6.44. The first-order valence-electron chi connectivity index (χ1n) is 12.6. The highest BCUT2D eigenvalue weighted by Crippen LogP contribution is 2.27. The van der Waals surface area contributed by atoms with Crippen LogP contribution in [0.2, 0.25) is 5.02 Å². The third-order valence-electron chi connectivity index (χ3n) is 6.50. The van der Waals surface area contributed by atoms with E-state index in [0.717, 1.165) is 9.69 Å². The number of benzene rings is 2. The highest BCUT2D eigenvalue weighted by molar-refractivity contribution is 7.89. The molecule has 0 radical (unpaired) electrons. The number of β-amino-alcohol motifs (C(OH)–C–C–N with tert-alkyl or cyclic N) is 1. The lowest BCUT2D eigenvalue weighted by Gasteiger charge is -2.35. The Kier molecular flexibility index (Phi) is 8.77. The number of hydrogen-bond donors (Lipinski definition) is 3. The van der Waals surface area contributed by atoms with Crippen molar-refractivity contribution in [3.63, 3.8) is 0 Å². The lowest BCUT2D eigenvalue weighted by molar-refractivity contribution is -0.132. The largest absolute Gasteiger partial charge is 0.451 e. The van der Waals surface area contributed by atoms with Gasteiger partial charge >= 0.3 is 0 Å². The molecule has 0 saturated carbocycles. The fourth-order valence-electron chi connectivity index (χ4n) is 4.64. The number of para-hydroxylation sites is 1. The molecule has 204 valence electrons. The number of sulfonamides is 1. The third-order valence-corrected chi connectivity index (χ3v) is 8.59. The summed E-state index contributed by atoms with van der Waals surface area (Å²) < 4.78 is 34.2. The first kappa shape index (κ1) is 28.1. The number of nitrogens with one attached hydrogen (secondary N) is 2. The van der Waals surface area contributed by atoms with Crippen molar-refractivity contribution >= 4 is 44.4 Å². The van der Waals surface area contributed by atoms with Crippen molar-refractivity contribution < 1.29 is 27.5 Å². The zero-order chi connectivity index (χ0) is 27.4. The van der Waals surface area contributed by atoms with Crippen molar-refractivity contribution in [2.45, 2.75) is 56.2 Å². The molecule has 11 heteroatoms. The number of amides is 2. The highest BCUT2D eigenvalue weighted by Gasteiger charge is 2.43. The zero-order valence-corrected chi connectivity index (χ0v) is 22.8. The number of aliphatic hydroxyl groups is 1. The Morgan fingerprint density at radius 2 is 1.89 bits per heavy atom. The van der Waals surface area contributed by atoms with Crippen LogP contribution in [0.5, 0.6) is 0 Å². The predicted octanol–water partition coefficient (Wildman–Crippen LogP) is 3.56. The van der Waals surface area contributed by atoms with Crippen molar-refractivity contribution in [2.24, 2.45) is 5.92 Å². The van der Waals surface area contributed by atoms with Crippen molar-refractivity contribution in [2.75, 3.05) is 13.1 Å². The number of fused-ring (bicyclic) bond motifs is 1. The summed E-state index contributed by atoms with van der Waals surface area (Å²) >= 11 is 5.97. The second kappa shape index (κ2) is 11.9. The van der Waals surface area contributed by atoms with Gasteiger partial charge in [-0.2, -0.15) is 0 Å². The smallest absolute Gasteiger partial charge is 0.287 e. The molecule has 3 N–H and O–H groups in total. The summed E-state index contributed by atoms with van der Waals surface area (Å²) in [7, 11) is -4.40. The molecule has 1 aliphatic rings. The van der Waals surface area contributed by atoms with Crippen molar-refractivity contribution in [1.82, 2.24) is 14.9 Å². The Morgan fingerprint density at radius 1 is 1.18 bits per heavy atom. The van der Waals surface area contributed by atoms with Crippen molar-refractivity contribution in [3.8, 4) is 0 Å². The number of nitrogens with zero attached hydrogens (tertiary/aromatic N) is 1. The summed E-state index contributed by atoms with van der Waals surface area (Å²) in [5, 5.41) is 17.7. The molecular weight excluding hydrogens is 530 g/mol. The van der Waals surface area contributed by atoms with Crippen LogP contribution in [-0.2, 0) is 14.8 Å². The molecule has 1 saturated heterocycles. The van der Waals surface area contributed by atoms with E-state index in [9.17, 15) is 23.1 Å². The molecule has 1 aliphatic heterocycles. The number of furan rings is 1. The van der Waals surface area contributed by atoms with E-state index in [2.05, 4.69) is 10.6 Å². The maximum atomic E-state index is 14.1. The summed E-state index contributed by atoms with van der Waals surface area (Å²) in [5.41, 5.74) is 0.519. The molecule has 2 unspecified atom stereocenters. The maximum Gasteiger partial charge on any atom is 0.287 e. The van der Waals surface area contributed by atoms with E-state index in [-0.39, 0.29) is 36.0 Å². The highest BCUT2D eigenvalue weighted by atomic mass is 35.5. The van der Waals surface area contributed by atoms with Gasteiger partial charge in [0.25, 0.3) is 21.8 Å². The van der Waals surface area contributed by atoms with Gasteiger partial charge in [0.15, 0.2) is 5.76 Å². The predicted molar refractivity (Wildman–Crippen MR) is 144 cm³/mol. The number of hydrogen-bond acceptors (Lipinski definition) is 7. The standard InChI is InChI=1S/C27H32ClN3O6S/c1-17(2)14-21(30-26(33)25-15-18-6-3-4-8-24(18)37-25)27(34)31(22-7-5-13-29-16-23(22)32)38(35,36)20-11-9-19(28)10-12-20/h3-4,6,8-12,15,17,21-23,29,32H,5,7,13-14,16H2,1-2H3,(H,30,33)/t21-,22?,23?/m0/s1. The van der Waals surface area contributed by atoms with Gasteiger partial charge in [0.2, 0.25) is 0 Å². The third kappa shape index (κ3) is 6.20. The average molecular weight is 562 g/mol. The number of aliphatic hydroxyl groups excluding tert-OH is 1. The van der Waals surface area contributed by atoms with Crippen molar-refractivity contribution in [1.29, 1.82) is 0 Å². The Labute approximate surface area is 227 Å². The molecule has 38 heavy (non-hydrogen) atoms. The van der Waals surface area contributed by atoms with Gasteiger partial charge in [-0.1, -0.05) is 43.6 Å². The van der Waals surface area contributed by atoms with Gasteiger partial charge in [-0.05, 0) is 68.1 Å². The van der Waals surface area contributed by atoms with Crippen LogP contribution < -0.4 is 10.6 Å². The molecular formula is C27H32ClN3O6S. The van der Waals surface area contributed by atoms with Gasteiger partial charge in [0.05, 0.1) is 17.0 Å². The van der Waals surface area contributed by atoms with Crippen LogP contribution in [-0.4, -0.2) is 60.9 Å².